The SMILES string of the molecule is CC#CCNC(=O)CNC(=O)CN(SC)C1CCN(C(C)c2cccc3ccccc23)CC1. The standard InChI is InChI=1S/C26H34N4O2S/c1-4-5-15-27-25(31)18-28-26(32)19-30(33-3)22-13-16-29(17-14-22)20(2)23-12-8-10-21-9-6-7-11-24(21)23/h6-12,20,22H,13-19H2,1-3H3,(H,27,31)(H,28,32). The molecule has 2 aromatic carbocycles. The van der Waals surface area contributed by atoms with Gasteiger partial charge in [0.1, 0.15) is 0 Å². The Hall–Kier alpha value is -2.53. The maximum Gasteiger partial charge on any atom is 0.240 e. The van der Waals surface area contributed by atoms with Crippen molar-refractivity contribution in [2.45, 2.75) is 38.8 Å². The van der Waals surface area contributed by atoms with Gasteiger partial charge in [0.2, 0.25) is 11.8 Å². The van der Waals surface area contributed by atoms with Crippen LogP contribution in [0.25, 0.3) is 10.8 Å². The van der Waals surface area contributed by atoms with Crippen molar-refractivity contribution in [3.63, 3.8) is 0 Å². The van der Waals surface area contributed by atoms with E-state index in [9.17, 15) is 9.59 Å². The minimum Gasteiger partial charge on any atom is -0.346 e. The third-order valence-electron chi connectivity index (χ3n) is 6.26. The number of nitrogens with zero attached hydrogens (tertiary/aromatic N) is 2. The number of fused-ring (bicyclic) bond motifs is 1. The average molecular weight is 467 g/mol. The second-order valence-corrected chi connectivity index (χ2v) is 9.08. The van der Waals surface area contributed by atoms with Crippen LogP contribution in [0.15, 0.2) is 42.5 Å². The summed E-state index contributed by atoms with van der Waals surface area (Å²) in [4.78, 5) is 26.7. The first kappa shape index (κ1) is 25.1. The highest BCUT2D eigenvalue weighted by molar-refractivity contribution is 7.96. The summed E-state index contributed by atoms with van der Waals surface area (Å²) in [5.74, 6) is 5.14. The van der Waals surface area contributed by atoms with Crippen LogP contribution in [-0.4, -0.2) is 66.0 Å². The molecule has 33 heavy (non-hydrogen) atoms. The largest absolute Gasteiger partial charge is 0.346 e. The summed E-state index contributed by atoms with van der Waals surface area (Å²) in [5, 5.41) is 7.97. The fourth-order valence-electron chi connectivity index (χ4n) is 4.39. The molecule has 7 heteroatoms. The van der Waals surface area contributed by atoms with Crippen LogP contribution in [0.4, 0.5) is 0 Å². The number of carbonyl (C=O) groups is 2. The van der Waals surface area contributed by atoms with Crippen LogP contribution in [0.5, 0.6) is 0 Å². The molecule has 0 spiro atoms. The Morgan fingerprint density at radius 1 is 1.12 bits per heavy atom. The molecule has 0 aliphatic carbocycles. The van der Waals surface area contributed by atoms with E-state index in [4.69, 9.17) is 0 Å². The molecule has 1 atom stereocenters. The Morgan fingerprint density at radius 2 is 1.85 bits per heavy atom. The molecular weight excluding hydrogens is 432 g/mol. The van der Waals surface area contributed by atoms with Crippen LogP contribution in [0.1, 0.15) is 38.3 Å². The summed E-state index contributed by atoms with van der Waals surface area (Å²) in [7, 11) is 0. The molecule has 2 amide bonds. The quantitative estimate of drug-likeness (QED) is 0.439. The molecule has 0 saturated carbocycles. The minimum atomic E-state index is -0.225. The molecule has 1 heterocycles. The highest BCUT2D eigenvalue weighted by atomic mass is 32.2. The first-order valence-electron chi connectivity index (χ1n) is 11.5. The Morgan fingerprint density at radius 3 is 2.58 bits per heavy atom. The van der Waals surface area contributed by atoms with Crippen molar-refractivity contribution in [1.29, 1.82) is 0 Å². The summed E-state index contributed by atoms with van der Waals surface area (Å²) in [6.45, 7) is 6.57. The molecule has 2 N–H and O–H groups in total. The number of hydrogen-bond acceptors (Lipinski definition) is 5. The van der Waals surface area contributed by atoms with Gasteiger partial charge in [0, 0.05) is 25.2 Å². The predicted octanol–water partition coefficient (Wildman–Crippen LogP) is 3.20. The van der Waals surface area contributed by atoms with E-state index in [1.54, 1.807) is 18.9 Å². The van der Waals surface area contributed by atoms with Gasteiger partial charge in [-0.15, -0.1) is 5.92 Å². The van der Waals surface area contributed by atoms with Gasteiger partial charge >= 0.3 is 0 Å². The fraction of sp³-hybridized carbons (Fsp3) is 0.462. The van der Waals surface area contributed by atoms with Gasteiger partial charge in [-0.1, -0.05) is 60.3 Å². The lowest BCUT2D eigenvalue weighted by molar-refractivity contribution is -0.126. The maximum absolute atomic E-state index is 12.4. The highest BCUT2D eigenvalue weighted by Crippen LogP contribution is 2.31. The van der Waals surface area contributed by atoms with Gasteiger partial charge in [-0.05, 0) is 49.3 Å². The highest BCUT2D eigenvalue weighted by Gasteiger charge is 2.28. The van der Waals surface area contributed by atoms with E-state index in [2.05, 4.69) is 81.1 Å². The van der Waals surface area contributed by atoms with Gasteiger partial charge in [-0.2, -0.15) is 0 Å². The van der Waals surface area contributed by atoms with Gasteiger partial charge in [-0.3, -0.25) is 14.5 Å². The van der Waals surface area contributed by atoms with E-state index in [-0.39, 0.29) is 24.9 Å². The van der Waals surface area contributed by atoms with E-state index in [0.717, 1.165) is 25.9 Å². The normalized spacial score (nSPS) is 15.6. The Kier molecular flexibility index (Phi) is 9.61. The van der Waals surface area contributed by atoms with Crippen LogP contribution >= 0.6 is 11.9 Å². The van der Waals surface area contributed by atoms with Gasteiger partial charge in [0.05, 0.1) is 19.6 Å². The van der Waals surface area contributed by atoms with Gasteiger partial charge < -0.3 is 10.6 Å². The van der Waals surface area contributed by atoms with Crippen molar-refractivity contribution in [2.75, 3.05) is 39.0 Å². The van der Waals surface area contributed by atoms with Crippen LogP contribution in [0, 0.1) is 11.8 Å². The zero-order chi connectivity index (χ0) is 23.6. The topological polar surface area (TPSA) is 64.7 Å². The van der Waals surface area contributed by atoms with E-state index in [1.165, 1.54) is 16.3 Å². The second kappa shape index (κ2) is 12.6. The van der Waals surface area contributed by atoms with Crippen LogP contribution in [0.3, 0.4) is 0 Å². The zero-order valence-corrected chi connectivity index (χ0v) is 20.6. The van der Waals surface area contributed by atoms with E-state index in [1.807, 2.05) is 6.26 Å². The van der Waals surface area contributed by atoms with E-state index < -0.39 is 0 Å². The maximum atomic E-state index is 12.4. The third kappa shape index (κ3) is 6.97. The molecule has 1 aliphatic heterocycles. The lowest BCUT2D eigenvalue weighted by atomic mass is 9.96. The molecule has 176 valence electrons. The zero-order valence-electron chi connectivity index (χ0n) is 19.8. The summed E-state index contributed by atoms with van der Waals surface area (Å²) in [5.41, 5.74) is 1.37. The summed E-state index contributed by atoms with van der Waals surface area (Å²) < 4.78 is 2.15. The Labute approximate surface area is 201 Å². The number of rotatable bonds is 9. The van der Waals surface area contributed by atoms with Gasteiger partial charge in [0.25, 0.3) is 0 Å². The Bertz CT molecular complexity index is 1000. The third-order valence-corrected chi connectivity index (χ3v) is 7.15. The second-order valence-electron chi connectivity index (χ2n) is 8.25. The number of benzene rings is 2. The molecule has 1 unspecified atom stereocenters. The van der Waals surface area contributed by atoms with Crippen molar-refractivity contribution < 1.29 is 9.59 Å². The van der Waals surface area contributed by atoms with Crippen molar-refractivity contribution in [3.05, 3.63) is 48.0 Å². The average Bonchev–Trinajstić information content (AvgIpc) is 2.85. The minimum absolute atomic E-state index is 0.0204. The number of likely N-dealkylation sites (tertiary alicyclic amines) is 1. The monoisotopic (exact) mass is 466 g/mol. The molecule has 1 saturated heterocycles. The Balaban J connectivity index is 1.49. The number of hydrogen-bond donors (Lipinski definition) is 2. The van der Waals surface area contributed by atoms with E-state index >= 15 is 0 Å². The van der Waals surface area contributed by atoms with Crippen molar-refractivity contribution in [3.8, 4) is 11.8 Å². The van der Waals surface area contributed by atoms with E-state index in [0.29, 0.717) is 18.6 Å². The summed E-state index contributed by atoms with van der Waals surface area (Å²) in [6, 6.07) is 15.8. The van der Waals surface area contributed by atoms with Crippen molar-refractivity contribution in [2.24, 2.45) is 0 Å². The molecule has 0 bridgehead atoms. The molecule has 6 nitrogen and oxygen atoms in total. The first-order valence-corrected chi connectivity index (χ1v) is 12.7. The van der Waals surface area contributed by atoms with Crippen molar-refractivity contribution >= 4 is 34.5 Å². The summed E-state index contributed by atoms with van der Waals surface area (Å²) >= 11 is 1.60. The van der Waals surface area contributed by atoms with Gasteiger partial charge in [0.15, 0.2) is 0 Å². The first-order chi connectivity index (χ1) is 16.0. The molecule has 1 fully saturated rings. The number of carbonyl (C=O) groups excluding carboxylic acids is 2. The summed E-state index contributed by atoms with van der Waals surface area (Å²) in [6.07, 6.45) is 4.04. The number of amides is 2. The lowest BCUT2D eigenvalue weighted by Crippen LogP contribution is -2.47. The number of nitrogens with one attached hydrogen (secondary N) is 2. The lowest BCUT2D eigenvalue weighted by Gasteiger charge is -2.40. The molecule has 1 aliphatic rings. The number of piperidine rings is 1. The molecule has 2 aromatic rings. The van der Waals surface area contributed by atoms with Crippen molar-refractivity contribution in [1.82, 2.24) is 19.8 Å². The molecular formula is C26H34N4O2S. The van der Waals surface area contributed by atoms with Gasteiger partial charge in [-0.25, -0.2) is 4.31 Å². The van der Waals surface area contributed by atoms with Crippen LogP contribution in [0.2, 0.25) is 0 Å². The van der Waals surface area contributed by atoms with Crippen LogP contribution in [-0.2, 0) is 9.59 Å². The van der Waals surface area contributed by atoms with Crippen LogP contribution < -0.4 is 10.6 Å². The molecule has 0 aromatic heterocycles. The molecule has 3 rings (SSSR count). The predicted molar refractivity (Wildman–Crippen MR) is 137 cm³/mol. The smallest absolute Gasteiger partial charge is 0.240 e. The molecule has 0 radical (unpaired) electrons. The fourth-order valence-corrected chi connectivity index (χ4v) is 5.14.